The Morgan fingerprint density at radius 1 is 0.923 bits per heavy atom. The molecule has 0 aliphatic heterocycles. The van der Waals surface area contributed by atoms with Gasteiger partial charge in [0.2, 0.25) is 0 Å². The summed E-state index contributed by atoms with van der Waals surface area (Å²) in [5.41, 5.74) is 0. The first-order valence-corrected chi connectivity index (χ1v) is 4.74. The average molecular weight is 186 g/mol. The minimum absolute atomic E-state index is 0.492. The fourth-order valence-corrected chi connectivity index (χ4v) is 0.847. The summed E-state index contributed by atoms with van der Waals surface area (Å²) in [7, 11) is 0. The Hall–Kier alpha value is -1.06. The van der Waals surface area contributed by atoms with Gasteiger partial charge in [-0.1, -0.05) is 0 Å². The van der Waals surface area contributed by atoms with Gasteiger partial charge < -0.3 is 10.4 Å². The maximum absolute atomic E-state index is 10.7. The third-order valence-electron chi connectivity index (χ3n) is 1.70. The lowest BCUT2D eigenvalue weighted by Gasteiger charge is -1.99. The topological polar surface area (TPSA) is 52.1 Å². The lowest BCUT2D eigenvalue weighted by atomic mass is 10.2. The molecule has 0 saturated heterocycles. The summed E-state index contributed by atoms with van der Waals surface area (Å²) in [5.74, 6) is 0. The summed E-state index contributed by atoms with van der Waals surface area (Å²) < 4.78 is 1.82. The van der Waals surface area contributed by atoms with E-state index >= 15 is 0 Å². The first-order chi connectivity index (χ1) is 6.20. The number of hydrogen-bond donors (Lipinski definition) is 0. The quantitative estimate of drug-likeness (QED) is 0.207. The smallest absolute Gasteiger partial charge is 0.150 e. The fraction of sp³-hybridized carbons (Fsp3) is 0.778. The Kier molecular flexibility index (Phi) is 6.96. The standard InChI is InChI=1S/C9H18N2O2/c1-3-10(12)8-6-5-7-9-11(13)4-2/h8-9H,3-7H2,1-2H3. The maximum atomic E-state index is 10.7. The van der Waals surface area contributed by atoms with Crippen molar-refractivity contribution in [3.05, 3.63) is 10.4 Å². The van der Waals surface area contributed by atoms with E-state index in [9.17, 15) is 10.4 Å². The van der Waals surface area contributed by atoms with Gasteiger partial charge in [-0.25, -0.2) is 9.48 Å². The maximum Gasteiger partial charge on any atom is 0.150 e. The van der Waals surface area contributed by atoms with E-state index in [2.05, 4.69) is 0 Å². The SMILES string of the molecule is CC[N+]([O-])=CCCCC=[N+]([O-])CC. The second-order valence-electron chi connectivity index (χ2n) is 2.76. The van der Waals surface area contributed by atoms with Crippen molar-refractivity contribution in [3.8, 4) is 0 Å². The van der Waals surface area contributed by atoms with E-state index in [0.717, 1.165) is 28.7 Å². The largest absolute Gasteiger partial charge is 0.624 e. The van der Waals surface area contributed by atoms with Crippen molar-refractivity contribution in [2.75, 3.05) is 13.1 Å². The Bertz CT molecular complexity index is 168. The highest BCUT2D eigenvalue weighted by Gasteiger charge is 1.91. The Labute approximate surface area is 79.4 Å². The van der Waals surface area contributed by atoms with E-state index in [1.165, 1.54) is 0 Å². The summed E-state index contributed by atoms with van der Waals surface area (Å²) in [4.78, 5) is 0. The van der Waals surface area contributed by atoms with Crippen molar-refractivity contribution in [1.82, 2.24) is 0 Å². The van der Waals surface area contributed by atoms with E-state index in [4.69, 9.17) is 0 Å². The molecule has 4 heteroatoms. The molecule has 0 bridgehead atoms. The molecule has 0 saturated carbocycles. The number of rotatable bonds is 6. The lowest BCUT2D eigenvalue weighted by Crippen LogP contribution is -2.05. The molecule has 0 rings (SSSR count). The van der Waals surface area contributed by atoms with Gasteiger partial charge in [0.15, 0.2) is 12.4 Å². The Morgan fingerprint density at radius 2 is 1.31 bits per heavy atom. The molecule has 0 fully saturated rings. The minimum Gasteiger partial charge on any atom is -0.624 e. The van der Waals surface area contributed by atoms with Crippen molar-refractivity contribution in [3.63, 3.8) is 0 Å². The molecular weight excluding hydrogens is 168 g/mol. The van der Waals surface area contributed by atoms with Gasteiger partial charge in [0.1, 0.15) is 13.1 Å². The average Bonchev–Trinajstić information content (AvgIpc) is 2.16. The minimum atomic E-state index is 0.492. The van der Waals surface area contributed by atoms with E-state index in [1.54, 1.807) is 12.4 Å². The predicted octanol–water partition coefficient (Wildman–Crippen LogP) is 1.36. The number of hydroxylamine groups is 2. The van der Waals surface area contributed by atoms with Crippen molar-refractivity contribution in [1.29, 1.82) is 0 Å². The number of hydrogen-bond acceptors (Lipinski definition) is 2. The Balaban J connectivity index is 3.47. The van der Waals surface area contributed by atoms with Gasteiger partial charge in [0, 0.05) is 12.8 Å². The molecule has 0 amide bonds. The van der Waals surface area contributed by atoms with Crippen LogP contribution in [0.3, 0.4) is 0 Å². The highest BCUT2D eigenvalue weighted by Crippen LogP contribution is 1.89. The fourth-order valence-electron chi connectivity index (χ4n) is 0.847. The van der Waals surface area contributed by atoms with Crippen LogP contribution in [-0.2, 0) is 0 Å². The number of nitrogens with zero attached hydrogens (tertiary/aromatic N) is 2. The third kappa shape index (κ3) is 7.31. The van der Waals surface area contributed by atoms with Gasteiger partial charge >= 0.3 is 0 Å². The van der Waals surface area contributed by atoms with Crippen molar-refractivity contribution in [2.24, 2.45) is 0 Å². The second kappa shape index (κ2) is 7.58. The van der Waals surface area contributed by atoms with E-state index in [1.807, 2.05) is 13.8 Å². The Morgan fingerprint density at radius 3 is 1.62 bits per heavy atom. The number of unbranched alkanes of at least 4 members (excludes halogenated alkanes) is 2. The zero-order valence-corrected chi connectivity index (χ0v) is 8.40. The zero-order valence-electron chi connectivity index (χ0n) is 8.40. The van der Waals surface area contributed by atoms with E-state index in [0.29, 0.717) is 13.1 Å². The molecule has 0 aromatic heterocycles. The summed E-state index contributed by atoms with van der Waals surface area (Å²) in [6, 6.07) is 0. The van der Waals surface area contributed by atoms with Crippen LogP contribution >= 0.6 is 0 Å². The molecule has 0 heterocycles. The highest BCUT2D eigenvalue weighted by atomic mass is 16.5. The van der Waals surface area contributed by atoms with Crippen LogP contribution in [0.1, 0.15) is 33.1 Å². The molecule has 13 heavy (non-hydrogen) atoms. The van der Waals surface area contributed by atoms with E-state index < -0.39 is 0 Å². The molecular formula is C9H18N2O2. The first kappa shape index (κ1) is 11.9. The molecule has 0 aromatic carbocycles. The van der Waals surface area contributed by atoms with Crippen LogP contribution in [0.2, 0.25) is 0 Å². The van der Waals surface area contributed by atoms with Gasteiger partial charge in [-0.05, 0) is 20.3 Å². The molecule has 0 atom stereocenters. The highest BCUT2D eigenvalue weighted by molar-refractivity contribution is 5.54. The summed E-state index contributed by atoms with van der Waals surface area (Å²) in [5, 5.41) is 21.5. The van der Waals surface area contributed by atoms with Gasteiger partial charge in [0.25, 0.3) is 0 Å². The van der Waals surface area contributed by atoms with Crippen LogP contribution in [0.5, 0.6) is 0 Å². The van der Waals surface area contributed by atoms with Gasteiger partial charge in [-0.15, -0.1) is 0 Å². The molecule has 0 N–H and O–H groups in total. The van der Waals surface area contributed by atoms with Crippen LogP contribution in [0.15, 0.2) is 0 Å². The van der Waals surface area contributed by atoms with Crippen molar-refractivity contribution < 1.29 is 9.48 Å². The van der Waals surface area contributed by atoms with E-state index in [-0.39, 0.29) is 0 Å². The first-order valence-electron chi connectivity index (χ1n) is 4.74. The van der Waals surface area contributed by atoms with Crippen molar-refractivity contribution in [2.45, 2.75) is 33.1 Å². The lowest BCUT2D eigenvalue weighted by molar-refractivity contribution is -0.450. The molecule has 0 unspecified atom stereocenters. The monoisotopic (exact) mass is 186 g/mol. The van der Waals surface area contributed by atoms with Crippen LogP contribution in [-0.4, -0.2) is 35.0 Å². The van der Waals surface area contributed by atoms with Crippen LogP contribution in [0, 0.1) is 10.4 Å². The zero-order chi connectivity index (χ0) is 10.1. The molecule has 4 nitrogen and oxygen atoms in total. The molecule has 0 aliphatic rings. The van der Waals surface area contributed by atoms with Crippen LogP contribution in [0.25, 0.3) is 0 Å². The molecule has 76 valence electrons. The molecule has 0 aromatic rings. The van der Waals surface area contributed by atoms with Crippen molar-refractivity contribution >= 4 is 12.4 Å². The summed E-state index contributed by atoms with van der Waals surface area (Å²) >= 11 is 0. The van der Waals surface area contributed by atoms with Gasteiger partial charge in [-0.2, -0.15) is 0 Å². The predicted molar refractivity (Wildman–Crippen MR) is 54.3 cm³/mol. The molecule has 0 aliphatic carbocycles. The van der Waals surface area contributed by atoms with Crippen LogP contribution in [0.4, 0.5) is 0 Å². The van der Waals surface area contributed by atoms with Crippen LogP contribution < -0.4 is 0 Å². The second-order valence-corrected chi connectivity index (χ2v) is 2.76. The molecule has 0 radical (unpaired) electrons. The summed E-state index contributed by atoms with van der Waals surface area (Å²) in [6.45, 7) is 4.61. The normalized spacial score (nSPS) is 13.4. The molecule has 0 spiro atoms. The summed E-state index contributed by atoms with van der Waals surface area (Å²) in [6.07, 6.45) is 5.58. The third-order valence-corrected chi connectivity index (χ3v) is 1.70. The van der Waals surface area contributed by atoms with Gasteiger partial charge in [-0.3, -0.25) is 0 Å². The van der Waals surface area contributed by atoms with Gasteiger partial charge in [0.05, 0.1) is 0 Å².